The lowest BCUT2D eigenvalue weighted by Gasteiger charge is -2.18. The third-order valence-corrected chi connectivity index (χ3v) is 4.86. The van der Waals surface area contributed by atoms with Crippen molar-refractivity contribution in [2.24, 2.45) is 5.92 Å². The summed E-state index contributed by atoms with van der Waals surface area (Å²) in [6, 6.07) is 17.3. The standard InChI is InChI=1S/C21H24N2O3/c1-15-7-9-19(10-8-15)23-13-17(11-20(23)25)21(26)22-12-18(14-24)16-5-3-2-4-6-16/h2-10,17-18,24H,11-14H2,1H3,(H,22,26)/t17-,18-/m0/s1. The zero-order chi connectivity index (χ0) is 18.5. The molecule has 1 saturated heterocycles. The van der Waals surface area contributed by atoms with Crippen LogP contribution >= 0.6 is 0 Å². The average molecular weight is 352 g/mol. The Hall–Kier alpha value is -2.66. The van der Waals surface area contributed by atoms with E-state index < -0.39 is 0 Å². The molecule has 5 heteroatoms. The first-order chi connectivity index (χ1) is 12.6. The summed E-state index contributed by atoms with van der Waals surface area (Å²) in [5, 5.41) is 12.5. The minimum absolute atomic E-state index is 0.0317. The third kappa shape index (κ3) is 4.11. The predicted molar refractivity (Wildman–Crippen MR) is 101 cm³/mol. The van der Waals surface area contributed by atoms with Gasteiger partial charge in [0.1, 0.15) is 0 Å². The molecule has 0 saturated carbocycles. The van der Waals surface area contributed by atoms with Crippen molar-refractivity contribution in [3.05, 3.63) is 65.7 Å². The Morgan fingerprint density at radius 3 is 2.54 bits per heavy atom. The zero-order valence-electron chi connectivity index (χ0n) is 14.9. The fourth-order valence-corrected chi connectivity index (χ4v) is 3.24. The summed E-state index contributed by atoms with van der Waals surface area (Å²) in [7, 11) is 0. The van der Waals surface area contributed by atoms with Crippen molar-refractivity contribution in [3.63, 3.8) is 0 Å². The van der Waals surface area contributed by atoms with Gasteiger partial charge in [-0.05, 0) is 24.6 Å². The number of rotatable bonds is 6. The van der Waals surface area contributed by atoms with Gasteiger partial charge in [0.25, 0.3) is 0 Å². The highest BCUT2D eigenvalue weighted by molar-refractivity contribution is 6.00. The fraction of sp³-hybridized carbons (Fsp3) is 0.333. The number of hydrogen-bond donors (Lipinski definition) is 2. The molecule has 0 unspecified atom stereocenters. The molecule has 1 heterocycles. The number of aliphatic hydroxyl groups is 1. The summed E-state index contributed by atoms with van der Waals surface area (Å²) in [4.78, 5) is 26.5. The number of carbonyl (C=O) groups is 2. The van der Waals surface area contributed by atoms with Gasteiger partial charge in [-0.15, -0.1) is 0 Å². The Balaban J connectivity index is 1.58. The van der Waals surface area contributed by atoms with E-state index in [2.05, 4.69) is 5.32 Å². The normalized spacial score (nSPS) is 18.0. The van der Waals surface area contributed by atoms with Gasteiger partial charge in [-0.25, -0.2) is 0 Å². The van der Waals surface area contributed by atoms with Gasteiger partial charge >= 0.3 is 0 Å². The monoisotopic (exact) mass is 352 g/mol. The van der Waals surface area contributed by atoms with E-state index in [0.29, 0.717) is 13.1 Å². The quantitative estimate of drug-likeness (QED) is 0.838. The Bertz CT molecular complexity index is 759. The van der Waals surface area contributed by atoms with Crippen molar-refractivity contribution in [2.75, 3.05) is 24.6 Å². The van der Waals surface area contributed by atoms with Crippen LogP contribution in [0.15, 0.2) is 54.6 Å². The SMILES string of the molecule is Cc1ccc(N2C[C@@H](C(=O)NC[C@@H](CO)c3ccccc3)CC2=O)cc1. The van der Waals surface area contributed by atoms with Crippen LogP contribution in [0.3, 0.4) is 0 Å². The molecule has 3 rings (SSSR count). The van der Waals surface area contributed by atoms with Gasteiger partial charge in [0.15, 0.2) is 0 Å². The number of aryl methyl sites for hydroxylation is 1. The molecule has 26 heavy (non-hydrogen) atoms. The van der Waals surface area contributed by atoms with Crippen LogP contribution in [-0.2, 0) is 9.59 Å². The maximum Gasteiger partial charge on any atom is 0.227 e. The van der Waals surface area contributed by atoms with E-state index >= 15 is 0 Å². The van der Waals surface area contributed by atoms with Crippen LogP contribution in [0.4, 0.5) is 5.69 Å². The highest BCUT2D eigenvalue weighted by Gasteiger charge is 2.35. The molecule has 1 fully saturated rings. The lowest BCUT2D eigenvalue weighted by atomic mass is 9.99. The molecule has 0 radical (unpaired) electrons. The highest BCUT2D eigenvalue weighted by Crippen LogP contribution is 2.25. The number of anilines is 1. The first-order valence-corrected chi connectivity index (χ1v) is 8.89. The predicted octanol–water partition coefficient (Wildman–Crippen LogP) is 2.24. The Kier molecular flexibility index (Phi) is 5.68. The molecule has 5 nitrogen and oxygen atoms in total. The van der Waals surface area contributed by atoms with Crippen molar-refractivity contribution >= 4 is 17.5 Å². The lowest BCUT2D eigenvalue weighted by molar-refractivity contribution is -0.126. The van der Waals surface area contributed by atoms with Crippen LogP contribution < -0.4 is 10.2 Å². The number of nitrogens with zero attached hydrogens (tertiary/aromatic N) is 1. The third-order valence-electron chi connectivity index (χ3n) is 4.86. The first kappa shape index (κ1) is 18.1. The summed E-state index contributed by atoms with van der Waals surface area (Å²) in [5.74, 6) is -0.678. The molecule has 2 atom stereocenters. The summed E-state index contributed by atoms with van der Waals surface area (Å²) >= 11 is 0. The van der Waals surface area contributed by atoms with Gasteiger partial charge in [0.05, 0.1) is 12.5 Å². The average Bonchev–Trinajstić information content (AvgIpc) is 3.05. The minimum atomic E-state index is -0.362. The molecule has 2 aromatic carbocycles. The number of amides is 2. The first-order valence-electron chi connectivity index (χ1n) is 8.89. The van der Waals surface area contributed by atoms with E-state index in [1.807, 2.05) is 61.5 Å². The second kappa shape index (κ2) is 8.15. The van der Waals surface area contributed by atoms with Crippen LogP contribution in [0.1, 0.15) is 23.5 Å². The van der Waals surface area contributed by atoms with Gasteiger partial charge in [-0.3, -0.25) is 9.59 Å². The Morgan fingerprint density at radius 2 is 1.88 bits per heavy atom. The van der Waals surface area contributed by atoms with Crippen molar-refractivity contribution in [1.29, 1.82) is 0 Å². The van der Waals surface area contributed by atoms with Gasteiger partial charge in [0, 0.05) is 31.1 Å². The summed E-state index contributed by atoms with van der Waals surface area (Å²) in [6.07, 6.45) is 0.217. The van der Waals surface area contributed by atoms with Crippen molar-refractivity contribution < 1.29 is 14.7 Å². The molecule has 0 spiro atoms. The molecule has 2 N–H and O–H groups in total. The fourth-order valence-electron chi connectivity index (χ4n) is 3.24. The van der Waals surface area contributed by atoms with Gasteiger partial charge in [-0.2, -0.15) is 0 Å². The van der Waals surface area contributed by atoms with E-state index in [4.69, 9.17) is 0 Å². The molecule has 0 aliphatic carbocycles. The largest absolute Gasteiger partial charge is 0.396 e. The summed E-state index contributed by atoms with van der Waals surface area (Å²) in [5.41, 5.74) is 2.94. The molecule has 2 amide bonds. The van der Waals surface area contributed by atoms with Crippen molar-refractivity contribution in [3.8, 4) is 0 Å². The van der Waals surface area contributed by atoms with E-state index in [-0.39, 0.29) is 36.7 Å². The minimum Gasteiger partial charge on any atom is -0.396 e. The van der Waals surface area contributed by atoms with Crippen molar-refractivity contribution in [1.82, 2.24) is 5.32 Å². The van der Waals surface area contributed by atoms with Crippen LogP contribution in [-0.4, -0.2) is 36.6 Å². The second-order valence-corrected chi connectivity index (χ2v) is 6.78. The molecule has 136 valence electrons. The Morgan fingerprint density at radius 1 is 1.19 bits per heavy atom. The number of carbonyl (C=O) groups excluding carboxylic acids is 2. The number of hydrogen-bond acceptors (Lipinski definition) is 3. The topological polar surface area (TPSA) is 69.6 Å². The molecular formula is C21H24N2O3. The molecule has 0 bridgehead atoms. The van der Waals surface area contributed by atoms with E-state index in [9.17, 15) is 14.7 Å². The molecule has 1 aliphatic rings. The number of aliphatic hydroxyl groups excluding tert-OH is 1. The molecular weight excluding hydrogens is 328 g/mol. The molecule has 2 aromatic rings. The Labute approximate surface area is 153 Å². The van der Waals surface area contributed by atoms with Crippen LogP contribution in [0, 0.1) is 12.8 Å². The van der Waals surface area contributed by atoms with E-state index in [1.54, 1.807) is 4.90 Å². The van der Waals surface area contributed by atoms with Crippen LogP contribution in [0.5, 0.6) is 0 Å². The molecule has 0 aromatic heterocycles. The van der Waals surface area contributed by atoms with E-state index in [0.717, 1.165) is 16.8 Å². The van der Waals surface area contributed by atoms with Gasteiger partial charge in [0.2, 0.25) is 11.8 Å². The van der Waals surface area contributed by atoms with Gasteiger partial charge in [-0.1, -0.05) is 48.0 Å². The second-order valence-electron chi connectivity index (χ2n) is 6.78. The van der Waals surface area contributed by atoms with Gasteiger partial charge < -0.3 is 15.3 Å². The summed E-state index contributed by atoms with van der Waals surface area (Å²) in [6.45, 7) is 2.71. The zero-order valence-corrected chi connectivity index (χ0v) is 14.9. The smallest absolute Gasteiger partial charge is 0.227 e. The van der Waals surface area contributed by atoms with Crippen LogP contribution in [0.25, 0.3) is 0 Å². The van der Waals surface area contributed by atoms with Crippen LogP contribution in [0.2, 0.25) is 0 Å². The van der Waals surface area contributed by atoms with Crippen molar-refractivity contribution in [2.45, 2.75) is 19.3 Å². The maximum atomic E-state index is 12.5. The molecule has 1 aliphatic heterocycles. The highest BCUT2D eigenvalue weighted by atomic mass is 16.3. The van der Waals surface area contributed by atoms with E-state index in [1.165, 1.54) is 0 Å². The lowest BCUT2D eigenvalue weighted by Crippen LogP contribution is -2.36. The maximum absolute atomic E-state index is 12.5. The summed E-state index contributed by atoms with van der Waals surface area (Å²) < 4.78 is 0. The number of nitrogens with one attached hydrogen (secondary N) is 1. The number of benzene rings is 2.